The first-order chi connectivity index (χ1) is 9.72. The van der Waals surface area contributed by atoms with Gasteiger partial charge in [0.1, 0.15) is 12.2 Å². The van der Waals surface area contributed by atoms with Crippen molar-refractivity contribution in [2.75, 3.05) is 0 Å². The van der Waals surface area contributed by atoms with Crippen LogP contribution in [-0.2, 0) is 9.47 Å². The first kappa shape index (κ1) is 13.2. The standard InChI is InChI=1S/C16H18O4/c17-15(19-13-3-1-4-13)11-7-9-12(10-8-11)16(18)20-14-5-2-6-14/h7-10,13-14H,1-6H2. The van der Waals surface area contributed by atoms with Gasteiger partial charge in [0.25, 0.3) is 0 Å². The second-order valence-electron chi connectivity index (χ2n) is 5.49. The Morgan fingerprint density at radius 3 is 1.35 bits per heavy atom. The van der Waals surface area contributed by atoms with Crippen molar-refractivity contribution >= 4 is 11.9 Å². The Labute approximate surface area is 118 Å². The maximum atomic E-state index is 11.8. The van der Waals surface area contributed by atoms with Gasteiger partial charge in [0.05, 0.1) is 11.1 Å². The summed E-state index contributed by atoms with van der Waals surface area (Å²) in [6, 6.07) is 6.49. The van der Waals surface area contributed by atoms with Crippen molar-refractivity contribution in [3.63, 3.8) is 0 Å². The molecule has 4 heteroatoms. The Bertz CT molecular complexity index is 451. The molecule has 2 fully saturated rings. The largest absolute Gasteiger partial charge is 0.459 e. The van der Waals surface area contributed by atoms with Crippen molar-refractivity contribution in [3.8, 4) is 0 Å². The van der Waals surface area contributed by atoms with Gasteiger partial charge in [-0.1, -0.05) is 0 Å². The molecule has 0 saturated heterocycles. The molecule has 0 aromatic heterocycles. The lowest BCUT2D eigenvalue weighted by atomic mass is 9.96. The van der Waals surface area contributed by atoms with Crippen molar-refractivity contribution < 1.29 is 19.1 Å². The zero-order chi connectivity index (χ0) is 13.9. The van der Waals surface area contributed by atoms with Gasteiger partial charge in [-0.05, 0) is 62.8 Å². The summed E-state index contributed by atoms with van der Waals surface area (Å²) < 4.78 is 10.6. The van der Waals surface area contributed by atoms with E-state index >= 15 is 0 Å². The molecule has 106 valence electrons. The highest BCUT2D eigenvalue weighted by atomic mass is 16.5. The minimum absolute atomic E-state index is 0.0748. The number of carbonyl (C=O) groups is 2. The topological polar surface area (TPSA) is 52.6 Å². The van der Waals surface area contributed by atoms with Crippen LogP contribution in [0, 0.1) is 0 Å². The number of esters is 2. The van der Waals surface area contributed by atoms with Crippen LogP contribution in [0.5, 0.6) is 0 Å². The van der Waals surface area contributed by atoms with Crippen LogP contribution in [0.1, 0.15) is 59.2 Å². The average molecular weight is 274 g/mol. The van der Waals surface area contributed by atoms with E-state index in [1.807, 2.05) is 0 Å². The predicted octanol–water partition coefficient (Wildman–Crippen LogP) is 3.11. The minimum atomic E-state index is -0.311. The number of hydrogen-bond acceptors (Lipinski definition) is 4. The van der Waals surface area contributed by atoms with Crippen molar-refractivity contribution in [2.45, 2.75) is 50.7 Å². The quantitative estimate of drug-likeness (QED) is 0.792. The third-order valence-corrected chi connectivity index (χ3v) is 4.01. The molecular formula is C16H18O4. The van der Waals surface area contributed by atoms with Crippen molar-refractivity contribution in [1.29, 1.82) is 0 Å². The van der Waals surface area contributed by atoms with E-state index in [2.05, 4.69) is 0 Å². The average Bonchev–Trinajstić information content (AvgIpc) is 2.38. The number of benzene rings is 1. The maximum absolute atomic E-state index is 11.8. The lowest BCUT2D eigenvalue weighted by Crippen LogP contribution is -2.25. The molecule has 2 saturated carbocycles. The van der Waals surface area contributed by atoms with Crippen LogP contribution in [0.15, 0.2) is 24.3 Å². The Kier molecular flexibility index (Phi) is 3.72. The molecule has 0 amide bonds. The van der Waals surface area contributed by atoms with Crippen LogP contribution < -0.4 is 0 Å². The van der Waals surface area contributed by atoms with Gasteiger partial charge in [0.2, 0.25) is 0 Å². The number of carbonyl (C=O) groups excluding carboxylic acids is 2. The molecule has 1 aromatic carbocycles. The third kappa shape index (κ3) is 2.84. The van der Waals surface area contributed by atoms with Crippen LogP contribution in [0.4, 0.5) is 0 Å². The molecule has 2 aliphatic carbocycles. The van der Waals surface area contributed by atoms with Gasteiger partial charge >= 0.3 is 11.9 Å². The molecule has 1 aromatic rings. The molecule has 0 spiro atoms. The van der Waals surface area contributed by atoms with Gasteiger partial charge < -0.3 is 9.47 Å². The van der Waals surface area contributed by atoms with Crippen LogP contribution in [0.25, 0.3) is 0 Å². The summed E-state index contributed by atoms with van der Waals surface area (Å²) in [4.78, 5) is 23.6. The highest BCUT2D eigenvalue weighted by Gasteiger charge is 2.24. The Hall–Kier alpha value is -1.84. The van der Waals surface area contributed by atoms with Gasteiger partial charge in [-0.3, -0.25) is 0 Å². The molecule has 3 rings (SSSR count). The van der Waals surface area contributed by atoms with Crippen LogP contribution in [-0.4, -0.2) is 24.1 Å². The smallest absolute Gasteiger partial charge is 0.338 e. The van der Waals surface area contributed by atoms with Gasteiger partial charge in [-0.25, -0.2) is 9.59 Å². The van der Waals surface area contributed by atoms with E-state index in [1.54, 1.807) is 24.3 Å². The summed E-state index contributed by atoms with van der Waals surface area (Å²) in [6.07, 6.45) is 6.23. The van der Waals surface area contributed by atoms with Gasteiger partial charge in [-0.2, -0.15) is 0 Å². The van der Waals surface area contributed by atoms with E-state index in [4.69, 9.17) is 9.47 Å². The normalized spacial score (nSPS) is 18.8. The molecule has 0 N–H and O–H groups in total. The second kappa shape index (κ2) is 5.65. The minimum Gasteiger partial charge on any atom is -0.459 e. The fourth-order valence-electron chi connectivity index (χ4n) is 2.16. The Morgan fingerprint density at radius 1 is 0.750 bits per heavy atom. The van der Waals surface area contributed by atoms with E-state index in [9.17, 15) is 9.59 Å². The fraction of sp³-hybridized carbons (Fsp3) is 0.500. The van der Waals surface area contributed by atoms with Crippen molar-refractivity contribution in [1.82, 2.24) is 0 Å². The Balaban J connectivity index is 1.58. The van der Waals surface area contributed by atoms with Crippen molar-refractivity contribution in [3.05, 3.63) is 35.4 Å². The fourth-order valence-corrected chi connectivity index (χ4v) is 2.16. The molecule has 20 heavy (non-hydrogen) atoms. The molecule has 4 nitrogen and oxygen atoms in total. The molecule has 0 radical (unpaired) electrons. The summed E-state index contributed by atoms with van der Waals surface area (Å²) in [5.41, 5.74) is 0.967. The van der Waals surface area contributed by atoms with Gasteiger partial charge in [-0.15, -0.1) is 0 Å². The summed E-state index contributed by atoms with van der Waals surface area (Å²) in [5.74, 6) is -0.623. The third-order valence-electron chi connectivity index (χ3n) is 4.01. The summed E-state index contributed by atoms with van der Waals surface area (Å²) in [7, 11) is 0. The maximum Gasteiger partial charge on any atom is 0.338 e. The van der Waals surface area contributed by atoms with Gasteiger partial charge in [0.15, 0.2) is 0 Å². The van der Waals surface area contributed by atoms with Gasteiger partial charge in [0, 0.05) is 0 Å². The molecule has 0 heterocycles. The van der Waals surface area contributed by atoms with Crippen LogP contribution in [0.2, 0.25) is 0 Å². The van der Waals surface area contributed by atoms with E-state index in [0.717, 1.165) is 38.5 Å². The first-order valence-electron chi connectivity index (χ1n) is 7.24. The summed E-state index contributed by atoms with van der Waals surface area (Å²) in [5, 5.41) is 0. The monoisotopic (exact) mass is 274 g/mol. The van der Waals surface area contributed by atoms with E-state index < -0.39 is 0 Å². The first-order valence-corrected chi connectivity index (χ1v) is 7.24. The highest BCUT2D eigenvalue weighted by Crippen LogP contribution is 2.24. The molecule has 0 bridgehead atoms. The zero-order valence-electron chi connectivity index (χ0n) is 11.3. The van der Waals surface area contributed by atoms with E-state index in [-0.39, 0.29) is 24.1 Å². The van der Waals surface area contributed by atoms with Crippen LogP contribution in [0.3, 0.4) is 0 Å². The molecule has 0 atom stereocenters. The SMILES string of the molecule is O=C(OC1CCC1)c1ccc(C(=O)OC2CCC2)cc1. The number of ether oxygens (including phenoxy) is 2. The van der Waals surface area contributed by atoms with Crippen LogP contribution >= 0.6 is 0 Å². The van der Waals surface area contributed by atoms with E-state index in [1.165, 1.54) is 0 Å². The predicted molar refractivity (Wildman–Crippen MR) is 72.6 cm³/mol. The molecule has 0 aliphatic heterocycles. The van der Waals surface area contributed by atoms with Crippen molar-refractivity contribution in [2.24, 2.45) is 0 Å². The van der Waals surface area contributed by atoms with E-state index in [0.29, 0.717) is 11.1 Å². The summed E-state index contributed by atoms with van der Waals surface area (Å²) >= 11 is 0. The molecule has 2 aliphatic rings. The lowest BCUT2D eigenvalue weighted by Gasteiger charge is -2.25. The number of rotatable bonds is 4. The molecular weight excluding hydrogens is 256 g/mol. The zero-order valence-corrected chi connectivity index (χ0v) is 11.3. The second-order valence-corrected chi connectivity index (χ2v) is 5.49. The molecule has 0 unspecified atom stereocenters. The highest BCUT2D eigenvalue weighted by molar-refractivity contribution is 5.93. The lowest BCUT2D eigenvalue weighted by molar-refractivity contribution is 0.00763. The number of hydrogen-bond donors (Lipinski definition) is 0. The Morgan fingerprint density at radius 2 is 1.10 bits per heavy atom. The summed E-state index contributed by atoms with van der Waals surface area (Å²) in [6.45, 7) is 0.